The van der Waals surface area contributed by atoms with E-state index in [2.05, 4.69) is 26.2 Å². The maximum absolute atomic E-state index is 13.7. The van der Waals surface area contributed by atoms with Crippen molar-refractivity contribution in [2.45, 2.75) is 0 Å². The molecule has 0 fully saturated rings. The van der Waals surface area contributed by atoms with Gasteiger partial charge in [0.2, 0.25) is 0 Å². The highest BCUT2D eigenvalue weighted by molar-refractivity contribution is 9.10. The number of pyridine rings is 1. The normalized spacial score (nSPS) is 10.5. The predicted molar refractivity (Wildman–Crippen MR) is 96.6 cm³/mol. The Kier molecular flexibility index (Phi) is 5.08. The molecule has 1 amide bonds. The zero-order valence-corrected chi connectivity index (χ0v) is 14.7. The number of non-ortho nitro benzene ring substituents is 1. The second-order valence-electron chi connectivity index (χ2n) is 5.20. The molecule has 0 atom stereocenters. The third-order valence-electron chi connectivity index (χ3n) is 3.47. The first-order valence-corrected chi connectivity index (χ1v) is 8.15. The summed E-state index contributed by atoms with van der Waals surface area (Å²) in [6.45, 7) is -0.404. The average molecular weight is 420 g/mol. The standard InChI is InChI=1S/C17H11BrFN3O4/c18-10-3-4-13(12(19)8-10)21-16(23)9-26-15-6-5-14(22(24)25)11-2-1-7-20-17(11)15/h1-8H,9H2,(H,21,23). The molecule has 0 saturated heterocycles. The number of hydrogen-bond donors (Lipinski definition) is 1. The number of amides is 1. The molecule has 3 rings (SSSR count). The Morgan fingerprint density at radius 2 is 2.12 bits per heavy atom. The molecule has 0 aliphatic heterocycles. The molecule has 0 aliphatic rings. The second-order valence-corrected chi connectivity index (χ2v) is 6.12. The Labute approximate surface area is 155 Å². The SMILES string of the molecule is O=C(COc1ccc([N+](=O)[O-])c2cccnc12)Nc1ccc(Br)cc1F. The smallest absolute Gasteiger partial charge is 0.279 e. The second kappa shape index (κ2) is 7.44. The van der Waals surface area contributed by atoms with Gasteiger partial charge in [-0.25, -0.2) is 4.39 Å². The van der Waals surface area contributed by atoms with Crippen LogP contribution in [0.2, 0.25) is 0 Å². The van der Waals surface area contributed by atoms with Crippen molar-refractivity contribution in [3.8, 4) is 5.75 Å². The van der Waals surface area contributed by atoms with Crippen LogP contribution in [0.15, 0.2) is 53.1 Å². The summed E-state index contributed by atoms with van der Waals surface area (Å²) in [7, 11) is 0. The van der Waals surface area contributed by atoms with Gasteiger partial charge in [-0.05, 0) is 36.4 Å². The first kappa shape index (κ1) is 17.7. The minimum absolute atomic E-state index is 0.0217. The highest BCUT2D eigenvalue weighted by atomic mass is 79.9. The Morgan fingerprint density at radius 3 is 2.85 bits per heavy atom. The fourth-order valence-electron chi connectivity index (χ4n) is 2.33. The van der Waals surface area contributed by atoms with Gasteiger partial charge in [0.1, 0.15) is 17.1 Å². The molecule has 132 valence electrons. The first-order valence-electron chi connectivity index (χ1n) is 7.35. The third kappa shape index (κ3) is 3.77. The van der Waals surface area contributed by atoms with Crippen molar-refractivity contribution in [2.75, 3.05) is 11.9 Å². The minimum Gasteiger partial charge on any atom is -0.481 e. The number of aromatic nitrogens is 1. The lowest BCUT2D eigenvalue weighted by Gasteiger charge is -2.10. The lowest BCUT2D eigenvalue weighted by molar-refractivity contribution is -0.383. The zero-order chi connectivity index (χ0) is 18.7. The number of hydrogen-bond acceptors (Lipinski definition) is 5. The van der Waals surface area contributed by atoms with E-state index in [1.54, 1.807) is 18.2 Å². The van der Waals surface area contributed by atoms with Crippen molar-refractivity contribution in [3.05, 3.63) is 69.1 Å². The van der Waals surface area contributed by atoms with Crippen LogP contribution in [0.3, 0.4) is 0 Å². The van der Waals surface area contributed by atoms with Gasteiger partial charge < -0.3 is 10.1 Å². The van der Waals surface area contributed by atoms with Gasteiger partial charge in [0.15, 0.2) is 6.61 Å². The average Bonchev–Trinajstić information content (AvgIpc) is 2.61. The van der Waals surface area contributed by atoms with E-state index in [-0.39, 0.29) is 22.6 Å². The molecule has 2 aromatic carbocycles. The molecular formula is C17H11BrFN3O4. The maximum Gasteiger partial charge on any atom is 0.279 e. The Morgan fingerprint density at radius 1 is 1.31 bits per heavy atom. The van der Waals surface area contributed by atoms with Crippen LogP contribution in [-0.2, 0) is 4.79 Å². The molecule has 7 nitrogen and oxygen atoms in total. The highest BCUT2D eigenvalue weighted by Crippen LogP contribution is 2.31. The fourth-order valence-corrected chi connectivity index (χ4v) is 2.66. The number of nitro benzene ring substituents is 1. The van der Waals surface area contributed by atoms with E-state index in [9.17, 15) is 19.3 Å². The molecule has 0 radical (unpaired) electrons. The first-order chi connectivity index (χ1) is 12.5. The molecule has 3 aromatic rings. The molecule has 0 unspecified atom stereocenters. The lowest BCUT2D eigenvalue weighted by atomic mass is 10.1. The molecule has 1 N–H and O–H groups in total. The Balaban J connectivity index is 1.76. The van der Waals surface area contributed by atoms with Crippen LogP contribution in [0.25, 0.3) is 10.9 Å². The number of carbonyl (C=O) groups is 1. The summed E-state index contributed by atoms with van der Waals surface area (Å²) in [5.74, 6) is -0.943. The zero-order valence-electron chi connectivity index (χ0n) is 13.1. The fraction of sp³-hybridized carbons (Fsp3) is 0.0588. The maximum atomic E-state index is 13.7. The van der Waals surface area contributed by atoms with E-state index in [0.717, 1.165) is 0 Å². The molecule has 26 heavy (non-hydrogen) atoms. The van der Waals surface area contributed by atoms with Gasteiger partial charge in [0, 0.05) is 16.7 Å². The quantitative estimate of drug-likeness (QED) is 0.496. The summed E-state index contributed by atoms with van der Waals surface area (Å²) < 4.78 is 19.7. The lowest BCUT2D eigenvalue weighted by Crippen LogP contribution is -2.21. The van der Waals surface area contributed by atoms with Crippen molar-refractivity contribution in [3.63, 3.8) is 0 Å². The number of carbonyl (C=O) groups excluding carboxylic acids is 1. The number of nitrogens with zero attached hydrogens (tertiary/aromatic N) is 2. The number of ether oxygens (including phenoxy) is 1. The van der Waals surface area contributed by atoms with Gasteiger partial charge in [0.05, 0.1) is 16.0 Å². The van der Waals surface area contributed by atoms with Crippen molar-refractivity contribution in [1.29, 1.82) is 0 Å². The molecular weight excluding hydrogens is 409 g/mol. The summed E-state index contributed by atoms with van der Waals surface area (Å²) in [5.41, 5.74) is 0.180. The number of benzene rings is 2. The summed E-state index contributed by atoms with van der Waals surface area (Å²) in [6, 6.07) is 10.0. The summed E-state index contributed by atoms with van der Waals surface area (Å²) in [4.78, 5) is 26.6. The van der Waals surface area contributed by atoms with E-state index in [4.69, 9.17) is 4.74 Å². The van der Waals surface area contributed by atoms with Gasteiger partial charge in [0.25, 0.3) is 11.6 Å². The van der Waals surface area contributed by atoms with Crippen LogP contribution in [0.5, 0.6) is 5.75 Å². The van der Waals surface area contributed by atoms with Crippen molar-refractivity contribution < 1.29 is 18.8 Å². The van der Waals surface area contributed by atoms with Gasteiger partial charge in [-0.1, -0.05) is 15.9 Å². The summed E-state index contributed by atoms with van der Waals surface area (Å²) in [6.07, 6.45) is 1.47. The number of anilines is 1. The van der Waals surface area contributed by atoms with E-state index in [0.29, 0.717) is 9.86 Å². The molecule has 9 heteroatoms. The number of nitro groups is 1. The predicted octanol–water partition coefficient (Wildman–Crippen LogP) is 4.06. The molecule has 1 aromatic heterocycles. The van der Waals surface area contributed by atoms with Gasteiger partial charge >= 0.3 is 0 Å². The van der Waals surface area contributed by atoms with Gasteiger partial charge in [-0.3, -0.25) is 19.9 Å². The van der Waals surface area contributed by atoms with Crippen LogP contribution < -0.4 is 10.1 Å². The van der Waals surface area contributed by atoms with Crippen LogP contribution in [0.4, 0.5) is 15.8 Å². The largest absolute Gasteiger partial charge is 0.481 e. The van der Waals surface area contributed by atoms with Crippen LogP contribution in [0, 0.1) is 15.9 Å². The number of rotatable bonds is 5. The van der Waals surface area contributed by atoms with E-state index in [1.807, 2.05) is 0 Å². The third-order valence-corrected chi connectivity index (χ3v) is 3.96. The number of halogens is 2. The summed E-state index contributed by atoms with van der Waals surface area (Å²) in [5, 5.41) is 13.8. The van der Waals surface area contributed by atoms with Crippen molar-refractivity contribution in [2.24, 2.45) is 0 Å². The monoisotopic (exact) mass is 419 g/mol. The van der Waals surface area contributed by atoms with Crippen LogP contribution in [-0.4, -0.2) is 22.4 Å². The van der Waals surface area contributed by atoms with Gasteiger partial charge in [-0.2, -0.15) is 0 Å². The molecule has 0 saturated carbocycles. The molecule has 1 heterocycles. The minimum atomic E-state index is -0.588. The van der Waals surface area contributed by atoms with Crippen molar-refractivity contribution in [1.82, 2.24) is 4.98 Å². The molecule has 0 spiro atoms. The van der Waals surface area contributed by atoms with E-state index >= 15 is 0 Å². The number of fused-ring (bicyclic) bond motifs is 1. The van der Waals surface area contributed by atoms with Gasteiger partial charge in [-0.15, -0.1) is 0 Å². The molecule has 0 bridgehead atoms. The highest BCUT2D eigenvalue weighted by Gasteiger charge is 2.16. The topological polar surface area (TPSA) is 94.4 Å². The Hall–Kier alpha value is -3.07. The van der Waals surface area contributed by atoms with Crippen LogP contribution >= 0.6 is 15.9 Å². The molecule has 0 aliphatic carbocycles. The number of nitrogens with one attached hydrogen (secondary N) is 1. The Bertz CT molecular complexity index is 1010. The van der Waals surface area contributed by atoms with E-state index in [1.165, 1.54) is 30.5 Å². The van der Waals surface area contributed by atoms with Crippen LogP contribution in [0.1, 0.15) is 0 Å². The van der Waals surface area contributed by atoms with Crippen molar-refractivity contribution >= 4 is 44.1 Å². The summed E-state index contributed by atoms with van der Waals surface area (Å²) >= 11 is 3.13. The van der Waals surface area contributed by atoms with E-state index < -0.39 is 23.3 Å².